The maximum absolute atomic E-state index is 12.8. The van der Waals surface area contributed by atoms with Gasteiger partial charge in [0.2, 0.25) is 5.13 Å². The van der Waals surface area contributed by atoms with Gasteiger partial charge in [0.25, 0.3) is 5.91 Å². The Labute approximate surface area is 160 Å². The van der Waals surface area contributed by atoms with Crippen molar-refractivity contribution in [1.82, 2.24) is 4.98 Å². The first-order valence-electron chi connectivity index (χ1n) is 8.49. The van der Waals surface area contributed by atoms with Crippen LogP contribution in [-0.2, 0) is 4.79 Å². The zero-order valence-corrected chi connectivity index (χ0v) is 15.7. The number of carbonyl (C=O) groups excluding carboxylic acids is 1. The largest absolute Gasteiger partial charge is 0.282 e. The lowest BCUT2D eigenvalue weighted by Gasteiger charge is -2.08. The summed E-state index contributed by atoms with van der Waals surface area (Å²) >= 11 is 1.38. The molecule has 7 heteroatoms. The number of aryl methyl sites for hydroxylation is 1. The number of aromatic nitrogens is 1. The second-order valence-corrected chi connectivity index (χ2v) is 7.06. The Hall–Kier alpha value is -3.19. The first kappa shape index (κ1) is 17.2. The van der Waals surface area contributed by atoms with E-state index in [4.69, 9.17) is 0 Å². The van der Waals surface area contributed by atoms with E-state index in [1.807, 2.05) is 66.9 Å². The molecule has 0 aliphatic carbocycles. The second kappa shape index (κ2) is 7.20. The van der Waals surface area contributed by atoms with Crippen LogP contribution in [-0.4, -0.2) is 22.6 Å². The number of thiazole rings is 1. The lowest BCUT2D eigenvalue weighted by molar-refractivity contribution is -0.117. The van der Waals surface area contributed by atoms with Gasteiger partial charge in [0.1, 0.15) is 0 Å². The van der Waals surface area contributed by atoms with E-state index < -0.39 is 6.04 Å². The van der Waals surface area contributed by atoms with Gasteiger partial charge in [-0.15, -0.1) is 11.3 Å². The molecule has 27 heavy (non-hydrogen) atoms. The zero-order valence-electron chi connectivity index (χ0n) is 14.9. The first-order chi connectivity index (χ1) is 13.1. The Bertz CT molecular complexity index is 1020. The summed E-state index contributed by atoms with van der Waals surface area (Å²) in [5, 5.41) is 16.5. The zero-order chi connectivity index (χ0) is 18.8. The smallest absolute Gasteiger partial charge is 0.269 e. The van der Waals surface area contributed by atoms with Crippen molar-refractivity contribution in [3.8, 4) is 11.3 Å². The summed E-state index contributed by atoms with van der Waals surface area (Å²) in [5.74, 6) is -0.239. The maximum atomic E-state index is 12.8. The Morgan fingerprint density at radius 3 is 2.52 bits per heavy atom. The third-order valence-corrected chi connectivity index (χ3v) is 4.98. The van der Waals surface area contributed by atoms with Gasteiger partial charge >= 0.3 is 0 Å². The first-order valence-corrected chi connectivity index (χ1v) is 9.37. The van der Waals surface area contributed by atoms with Crippen LogP contribution in [0.25, 0.3) is 11.3 Å². The van der Waals surface area contributed by atoms with E-state index in [0.717, 1.165) is 11.3 Å². The highest BCUT2D eigenvalue weighted by Gasteiger charge is 2.36. The molecule has 1 aromatic heterocycles. The topological polar surface area (TPSA) is 70.3 Å². The summed E-state index contributed by atoms with van der Waals surface area (Å²) in [6.07, 6.45) is 0. The van der Waals surface area contributed by atoms with Crippen molar-refractivity contribution in [3.63, 3.8) is 0 Å². The van der Waals surface area contributed by atoms with E-state index in [2.05, 4.69) is 20.3 Å². The molecule has 0 fully saturated rings. The number of benzene rings is 2. The monoisotopic (exact) mass is 375 g/mol. The van der Waals surface area contributed by atoms with Gasteiger partial charge in [-0.25, -0.2) is 4.98 Å². The molecule has 0 saturated carbocycles. The Morgan fingerprint density at radius 2 is 1.78 bits per heavy atom. The second-order valence-electron chi connectivity index (χ2n) is 6.23. The minimum Gasteiger partial charge on any atom is -0.269 e. The van der Waals surface area contributed by atoms with Crippen molar-refractivity contribution in [1.29, 1.82) is 0 Å². The van der Waals surface area contributed by atoms with Crippen molar-refractivity contribution in [2.24, 2.45) is 15.3 Å². The standard InChI is InChI=1S/C20H17N5OS/c1-13-8-10-15(11-9-13)17-12-27-20(21-17)25-19(26)18(14(2)24-25)23-22-16-6-4-3-5-7-16/h3-12,18H,1-2H3/t18-/m0/s1. The molecule has 0 bridgehead atoms. The van der Waals surface area contributed by atoms with Crippen molar-refractivity contribution in [3.05, 3.63) is 65.5 Å². The minimum absolute atomic E-state index is 0.239. The van der Waals surface area contributed by atoms with Crippen molar-refractivity contribution in [2.45, 2.75) is 19.9 Å². The van der Waals surface area contributed by atoms with Gasteiger partial charge in [-0.3, -0.25) is 4.79 Å². The van der Waals surface area contributed by atoms with Gasteiger partial charge in [0.05, 0.1) is 17.1 Å². The molecule has 0 unspecified atom stereocenters. The van der Waals surface area contributed by atoms with E-state index in [1.165, 1.54) is 21.9 Å². The summed E-state index contributed by atoms with van der Waals surface area (Å²) in [6, 6.07) is 16.7. The van der Waals surface area contributed by atoms with Crippen molar-refractivity contribution < 1.29 is 4.79 Å². The van der Waals surface area contributed by atoms with Gasteiger partial charge in [-0.1, -0.05) is 48.0 Å². The molecule has 1 aliphatic rings. The molecule has 6 nitrogen and oxygen atoms in total. The molecular formula is C20H17N5OS. The number of hydrogen-bond donors (Lipinski definition) is 0. The fourth-order valence-electron chi connectivity index (χ4n) is 2.66. The molecule has 3 aromatic rings. The molecule has 0 saturated heterocycles. The van der Waals surface area contributed by atoms with E-state index in [1.54, 1.807) is 6.92 Å². The quantitative estimate of drug-likeness (QED) is 0.603. The van der Waals surface area contributed by atoms with Gasteiger partial charge in [-0.2, -0.15) is 20.3 Å². The highest BCUT2D eigenvalue weighted by Crippen LogP contribution is 2.30. The minimum atomic E-state index is -0.711. The molecular weight excluding hydrogens is 358 g/mol. The predicted octanol–water partition coefficient (Wildman–Crippen LogP) is 4.99. The third-order valence-electron chi connectivity index (χ3n) is 4.16. The molecule has 0 radical (unpaired) electrons. The summed E-state index contributed by atoms with van der Waals surface area (Å²) in [7, 11) is 0. The van der Waals surface area contributed by atoms with Gasteiger partial charge in [-0.05, 0) is 26.0 Å². The average Bonchev–Trinajstić information content (AvgIpc) is 3.27. The summed E-state index contributed by atoms with van der Waals surface area (Å²) in [4.78, 5) is 17.3. The molecule has 1 amide bonds. The summed E-state index contributed by atoms with van der Waals surface area (Å²) in [5.41, 5.74) is 4.33. The third kappa shape index (κ3) is 3.54. The number of nitrogens with zero attached hydrogens (tertiary/aromatic N) is 5. The maximum Gasteiger partial charge on any atom is 0.282 e. The summed E-state index contributed by atoms with van der Waals surface area (Å²) < 4.78 is 0. The van der Waals surface area contributed by atoms with Gasteiger partial charge < -0.3 is 0 Å². The van der Waals surface area contributed by atoms with Crippen LogP contribution >= 0.6 is 11.3 Å². The Morgan fingerprint density at radius 1 is 1.04 bits per heavy atom. The fraction of sp³-hybridized carbons (Fsp3) is 0.150. The number of anilines is 1. The van der Waals surface area contributed by atoms with Crippen LogP contribution < -0.4 is 5.01 Å². The van der Waals surface area contributed by atoms with Crippen molar-refractivity contribution in [2.75, 3.05) is 5.01 Å². The number of rotatable bonds is 4. The normalized spacial score (nSPS) is 17.0. The van der Waals surface area contributed by atoms with Gasteiger partial charge in [0, 0.05) is 10.9 Å². The summed E-state index contributed by atoms with van der Waals surface area (Å²) in [6.45, 7) is 3.82. The Balaban J connectivity index is 1.55. The fourth-order valence-corrected chi connectivity index (χ4v) is 3.45. The van der Waals surface area contributed by atoms with Crippen LogP contribution in [0.4, 0.5) is 10.8 Å². The molecule has 1 atom stereocenters. The Kier molecular flexibility index (Phi) is 4.60. The highest BCUT2D eigenvalue weighted by molar-refractivity contribution is 7.14. The lowest BCUT2D eigenvalue weighted by atomic mass is 10.1. The van der Waals surface area contributed by atoms with E-state index >= 15 is 0 Å². The predicted molar refractivity (Wildman–Crippen MR) is 108 cm³/mol. The number of amides is 1. The van der Waals surface area contributed by atoms with E-state index in [-0.39, 0.29) is 5.91 Å². The van der Waals surface area contributed by atoms with E-state index in [0.29, 0.717) is 16.5 Å². The van der Waals surface area contributed by atoms with Crippen molar-refractivity contribution >= 4 is 33.8 Å². The van der Waals surface area contributed by atoms with Gasteiger partial charge in [0.15, 0.2) is 6.04 Å². The molecule has 2 heterocycles. The van der Waals surface area contributed by atoms with Crippen LogP contribution in [0.5, 0.6) is 0 Å². The van der Waals surface area contributed by atoms with Crippen LogP contribution in [0.2, 0.25) is 0 Å². The molecule has 134 valence electrons. The number of azo groups is 1. The highest BCUT2D eigenvalue weighted by atomic mass is 32.1. The van der Waals surface area contributed by atoms with Crippen LogP contribution in [0, 0.1) is 6.92 Å². The molecule has 2 aromatic carbocycles. The SMILES string of the molecule is CC1=NN(c2nc(-c3ccc(C)cc3)cs2)C(=O)[C@H]1N=Nc1ccccc1. The lowest BCUT2D eigenvalue weighted by Crippen LogP contribution is -2.29. The molecule has 0 spiro atoms. The number of carbonyl (C=O) groups is 1. The molecule has 4 rings (SSSR count). The van der Waals surface area contributed by atoms with E-state index in [9.17, 15) is 4.79 Å². The molecule has 1 aliphatic heterocycles. The molecule has 0 N–H and O–H groups in total. The number of hydrogen-bond acceptors (Lipinski definition) is 6. The number of hydrazone groups is 1. The average molecular weight is 375 g/mol. The van der Waals surface area contributed by atoms with Crippen LogP contribution in [0.15, 0.2) is 75.3 Å². The van der Waals surface area contributed by atoms with Crippen LogP contribution in [0.3, 0.4) is 0 Å². The van der Waals surface area contributed by atoms with Crippen LogP contribution in [0.1, 0.15) is 12.5 Å².